The van der Waals surface area contributed by atoms with E-state index in [1.165, 1.54) is 0 Å². The molecule has 3 rings (SSSR count). The van der Waals surface area contributed by atoms with E-state index in [1.54, 1.807) is 0 Å². The number of ether oxygens (including phenoxy) is 1. The Morgan fingerprint density at radius 1 is 1.12 bits per heavy atom. The number of alkyl halides is 8. The van der Waals surface area contributed by atoms with Crippen LogP contribution in [0.3, 0.4) is 0 Å². The molecule has 0 unspecified atom stereocenters. The summed E-state index contributed by atoms with van der Waals surface area (Å²) in [7, 11) is 0. The first-order valence-corrected chi connectivity index (χ1v) is 9.47. The number of furan rings is 1. The van der Waals surface area contributed by atoms with Gasteiger partial charge in [0, 0.05) is 17.1 Å². The number of anilines is 1. The van der Waals surface area contributed by atoms with Crippen molar-refractivity contribution in [1.29, 1.82) is 0 Å². The predicted molar refractivity (Wildman–Crippen MR) is 98.0 cm³/mol. The minimum absolute atomic E-state index is 0.232. The molecular weight excluding hydrogens is 490 g/mol. The second-order valence-electron chi connectivity index (χ2n) is 6.64. The third-order valence-corrected chi connectivity index (χ3v) is 4.41. The van der Waals surface area contributed by atoms with E-state index in [1.807, 2.05) is 5.32 Å². The van der Waals surface area contributed by atoms with Crippen LogP contribution in [0.1, 0.15) is 28.9 Å². The highest BCUT2D eigenvalue weighted by Gasteiger charge is 2.41. The van der Waals surface area contributed by atoms with Crippen molar-refractivity contribution in [3.63, 3.8) is 0 Å². The molecular formula is C18H11F8N3O3S. The second-order valence-corrected chi connectivity index (χ2v) is 7.40. The molecule has 0 atom stereocenters. The lowest BCUT2D eigenvalue weighted by molar-refractivity contribution is -0.274. The second kappa shape index (κ2) is 8.61. The Balaban J connectivity index is 1.90. The Labute approximate surface area is 183 Å². The van der Waals surface area contributed by atoms with Gasteiger partial charge >= 0.3 is 12.5 Å². The summed E-state index contributed by atoms with van der Waals surface area (Å²) < 4.78 is 116. The monoisotopic (exact) mass is 501 g/mol. The minimum atomic E-state index is -5.14. The Bertz CT molecular complexity index is 1150. The Kier molecular flexibility index (Phi) is 6.37. The van der Waals surface area contributed by atoms with Crippen LogP contribution in [-0.2, 0) is 12.6 Å². The van der Waals surface area contributed by atoms with Gasteiger partial charge in [0.05, 0.1) is 12.0 Å². The summed E-state index contributed by atoms with van der Waals surface area (Å²) in [6, 6.07) is 4.60. The van der Waals surface area contributed by atoms with Gasteiger partial charge in [-0.25, -0.2) is 13.8 Å². The highest BCUT2D eigenvalue weighted by atomic mass is 32.1. The maximum atomic E-state index is 13.4. The largest absolute Gasteiger partial charge is 0.573 e. The molecule has 2 aromatic heterocycles. The summed E-state index contributed by atoms with van der Waals surface area (Å²) in [4.78, 5) is 16.0. The van der Waals surface area contributed by atoms with Gasteiger partial charge in [0.15, 0.2) is 5.82 Å². The molecule has 0 aliphatic heterocycles. The van der Waals surface area contributed by atoms with E-state index in [4.69, 9.17) is 4.42 Å². The fourth-order valence-corrected chi connectivity index (χ4v) is 3.16. The molecule has 0 radical (unpaired) electrons. The Hall–Kier alpha value is -3.23. The van der Waals surface area contributed by atoms with E-state index in [0.29, 0.717) is 24.5 Å². The lowest BCUT2D eigenvalue weighted by Crippen LogP contribution is -2.17. The van der Waals surface area contributed by atoms with E-state index in [0.717, 1.165) is 24.3 Å². The molecule has 6 nitrogen and oxygen atoms in total. The smallest absolute Gasteiger partial charge is 0.451 e. The average molecular weight is 501 g/mol. The number of nitrogens with one attached hydrogen (secondary N) is 1. The van der Waals surface area contributed by atoms with Gasteiger partial charge in [0.1, 0.15) is 11.5 Å². The minimum Gasteiger partial charge on any atom is -0.451 e. The van der Waals surface area contributed by atoms with Crippen molar-refractivity contribution < 1.29 is 49.1 Å². The molecule has 178 valence electrons. The molecule has 33 heavy (non-hydrogen) atoms. The first-order valence-electron chi connectivity index (χ1n) is 8.70. The Morgan fingerprint density at radius 3 is 2.42 bits per heavy atom. The summed E-state index contributed by atoms with van der Waals surface area (Å²) in [6.07, 6.45) is -11.0. The summed E-state index contributed by atoms with van der Waals surface area (Å²) >= 11 is 0.476. The van der Waals surface area contributed by atoms with Crippen LogP contribution < -0.4 is 10.1 Å². The normalized spacial score (nSPS) is 12.6. The number of carbonyl (C=O) groups is 1. The number of nitrogens with zero attached hydrogens (tertiary/aromatic N) is 2. The standard InChI is InChI=1S/C18H11F8N3O3S/c1-16(19,20)7-12-27-15(33-29-12)28-14(30)10-6-11(31-13(10)17(21,22)23)8-3-2-4-9(5-8)32-18(24,25)26/h2-6H,7H2,1H3,(H,27,28,29,30). The topological polar surface area (TPSA) is 77.2 Å². The average Bonchev–Trinajstić information content (AvgIpc) is 3.26. The van der Waals surface area contributed by atoms with Crippen molar-refractivity contribution >= 4 is 22.6 Å². The first kappa shape index (κ1) is 24.4. The zero-order chi connectivity index (χ0) is 24.6. The van der Waals surface area contributed by atoms with Crippen LogP contribution >= 0.6 is 11.5 Å². The van der Waals surface area contributed by atoms with Gasteiger partial charge in [-0.15, -0.1) is 13.2 Å². The molecule has 2 heterocycles. The van der Waals surface area contributed by atoms with E-state index < -0.39 is 53.6 Å². The highest BCUT2D eigenvalue weighted by molar-refractivity contribution is 7.09. The first-order chi connectivity index (χ1) is 15.1. The SMILES string of the molecule is CC(F)(F)Cc1nsc(NC(=O)c2cc(-c3cccc(OC(F)(F)F)c3)oc2C(F)(F)F)n1. The van der Waals surface area contributed by atoms with Gasteiger partial charge in [0.25, 0.3) is 11.8 Å². The molecule has 0 saturated carbocycles. The molecule has 3 aromatic rings. The maximum Gasteiger partial charge on any atom is 0.573 e. The summed E-state index contributed by atoms with van der Waals surface area (Å²) in [5.41, 5.74) is -1.23. The van der Waals surface area contributed by atoms with E-state index in [9.17, 15) is 39.9 Å². The number of hydrogen-bond acceptors (Lipinski definition) is 6. The maximum absolute atomic E-state index is 13.4. The Morgan fingerprint density at radius 2 is 1.82 bits per heavy atom. The zero-order valence-corrected chi connectivity index (χ0v) is 17.0. The van der Waals surface area contributed by atoms with Crippen molar-refractivity contribution in [2.45, 2.75) is 31.8 Å². The molecule has 0 bridgehead atoms. The molecule has 0 aliphatic rings. The van der Waals surface area contributed by atoms with Gasteiger partial charge in [-0.3, -0.25) is 10.1 Å². The fourth-order valence-electron chi connectivity index (χ4n) is 2.58. The van der Waals surface area contributed by atoms with Crippen LogP contribution in [0.4, 0.5) is 40.3 Å². The molecule has 1 aromatic carbocycles. The van der Waals surface area contributed by atoms with Crippen LogP contribution in [-0.4, -0.2) is 27.5 Å². The molecule has 0 fully saturated rings. The summed E-state index contributed by atoms with van der Waals surface area (Å²) in [5.74, 6) is -7.81. The molecule has 0 saturated heterocycles. The van der Waals surface area contributed by atoms with Gasteiger partial charge in [-0.05, 0) is 25.1 Å². The number of benzene rings is 1. The fraction of sp³-hybridized carbons (Fsp3) is 0.278. The zero-order valence-electron chi connectivity index (χ0n) is 16.1. The van der Waals surface area contributed by atoms with E-state index in [2.05, 4.69) is 14.1 Å². The van der Waals surface area contributed by atoms with Gasteiger partial charge in [0.2, 0.25) is 10.9 Å². The lowest BCUT2D eigenvalue weighted by atomic mass is 10.1. The molecule has 1 N–H and O–H groups in total. The van der Waals surface area contributed by atoms with Crippen molar-refractivity contribution in [3.05, 3.63) is 47.5 Å². The molecule has 15 heteroatoms. The number of carbonyl (C=O) groups excluding carboxylic acids is 1. The number of rotatable bonds is 6. The number of aromatic nitrogens is 2. The summed E-state index contributed by atoms with van der Waals surface area (Å²) in [5, 5.41) is 1.67. The van der Waals surface area contributed by atoms with Crippen LogP contribution in [0.25, 0.3) is 11.3 Å². The predicted octanol–water partition coefficient (Wildman–Crippen LogP) is 6.17. The summed E-state index contributed by atoms with van der Waals surface area (Å²) in [6.45, 7) is 0.615. The van der Waals surface area contributed by atoms with Crippen molar-refractivity contribution in [2.24, 2.45) is 0 Å². The quantitative estimate of drug-likeness (QED) is 0.409. The lowest BCUT2D eigenvalue weighted by Gasteiger charge is -2.09. The van der Waals surface area contributed by atoms with Crippen LogP contribution in [0.2, 0.25) is 0 Å². The van der Waals surface area contributed by atoms with E-state index in [-0.39, 0.29) is 16.5 Å². The third kappa shape index (κ3) is 6.63. The van der Waals surface area contributed by atoms with Crippen molar-refractivity contribution in [2.75, 3.05) is 5.32 Å². The van der Waals surface area contributed by atoms with Crippen molar-refractivity contribution in [3.8, 4) is 17.1 Å². The van der Waals surface area contributed by atoms with Gasteiger partial charge in [-0.1, -0.05) is 12.1 Å². The van der Waals surface area contributed by atoms with Gasteiger partial charge in [-0.2, -0.15) is 17.5 Å². The van der Waals surface area contributed by atoms with Crippen LogP contribution in [0.5, 0.6) is 5.75 Å². The molecule has 0 spiro atoms. The van der Waals surface area contributed by atoms with Crippen LogP contribution in [0.15, 0.2) is 34.7 Å². The molecule has 1 amide bonds. The highest BCUT2D eigenvalue weighted by Crippen LogP contribution is 2.38. The van der Waals surface area contributed by atoms with Crippen molar-refractivity contribution in [1.82, 2.24) is 9.36 Å². The van der Waals surface area contributed by atoms with E-state index >= 15 is 0 Å². The number of amides is 1. The number of hydrogen-bond donors (Lipinski definition) is 1. The number of halogens is 8. The third-order valence-electron chi connectivity index (χ3n) is 3.74. The van der Waals surface area contributed by atoms with Crippen LogP contribution in [0, 0.1) is 0 Å². The van der Waals surface area contributed by atoms with Gasteiger partial charge < -0.3 is 9.15 Å². The molecule has 0 aliphatic carbocycles.